The number of ketones is 1. The molecule has 0 aliphatic heterocycles. The average Bonchev–Trinajstić information content (AvgIpc) is 2.76. The van der Waals surface area contributed by atoms with Crippen molar-refractivity contribution in [3.05, 3.63) is 23.3 Å². The fourth-order valence-corrected chi connectivity index (χ4v) is 10.2. The van der Waals surface area contributed by atoms with E-state index in [1.54, 1.807) is 0 Å². The van der Waals surface area contributed by atoms with Gasteiger partial charge in [0.1, 0.15) is 6.07 Å². The molecule has 0 radical (unpaired) electrons. The van der Waals surface area contributed by atoms with Gasteiger partial charge in [-0.25, -0.2) is 0 Å². The monoisotopic (exact) mass is 477 g/mol. The Labute approximate surface area is 211 Å². The summed E-state index contributed by atoms with van der Waals surface area (Å²) in [7, 11) is 0. The number of aliphatic carboxylic acids is 1. The standard InChI is InChI=1S/C31H43NO3/c1-26(2)12-14-31(25(34)35)15-13-29(6)20(21(31)17-26)8-9-23-28(5)16-19(18-32)24(33)27(3,4)22(28)10-11-30(23,29)7/h8,16,21-23H,9-15,17H2,1-7H3,(H,34,35)/t21?,22?,23?,28-,29+,30+,31-/m0/s1. The number of fused-ring (bicyclic) bond motifs is 7. The van der Waals surface area contributed by atoms with Gasteiger partial charge in [-0.15, -0.1) is 0 Å². The van der Waals surface area contributed by atoms with E-state index in [0.717, 1.165) is 51.4 Å². The molecule has 5 aliphatic rings. The quantitative estimate of drug-likeness (QED) is 0.408. The van der Waals surface area contributed by atoms with Crippen LogP contribution in [-0.4, -0.2) is 16.9 Å². The Balaban J connectivity index is 1.66. The summed E-state index contributed by atoms with van der Waals surface area (Å²) in [5, 5.41) is 20.4. The lowest BCUT2D eigenvalue weighted by Gasteiger charge is -2.69. The molecule has 3 fully saturated rings. The normalized spacial score (nSPS) is 47.6. The molecule has 35 heavy (non-hydrogen) atoms. The van der Waals surface area contributed by atoms with Gasteiger partial charge in [0.15, 0.2) is 5.78 Å². The molecule has 5 aliphatic carbocycles. The molecular weight excluding hydrogens is 434 g/mol. The maximum atomic E-state index is 13.2. The van der Waals surface area contributed by atoms with Crippen LogP contribution in [0.3, 0.4) is 0 Å². The van der Waals surface area contributed by atoms with Crippen molar-refractivity contribution in [2.75, 3.05) is 0 Å². The van der Waals surface area contributed by atoms with Gasteiger partial charge in [-0.2, -0.15) is 5.26 Å². The third-order valence-electron chi connectivity index (χ3n) is 12.5. The van der Waals surface area contributed by atoms with Crippen molar-refractivity contribution in [2.45, 2.75) is 99.8 Å². The van der Waals surface area contributed by atoms with Crippen LogP contribution in [0.15, 0.2) is 23.3 Å². The van der Waals surface area contributed by atoms with Crippen LogP contribution in [0.25, 0.3) is 0 Å². The number of rotatable bonds is 1. The molecule has 0 aromatic rings. The van der Waals surface area contributed by atoms with Crippen LogP contribution < -0.4 is 0 Å². The molecule has 3 saturated carbocycles. The largest absolute Gasteiger partial charge is 0.481 e. The van der Waals surface area contributed by atoms with E-state index in [1.807, 2.05) is 19.9 Å². The molecule has 0 aromatic heterocycles. The predicted molar refractivity (Wildman–Crippen MR) is 136 cm³/mol. The van der Waals surface area contributed by atoms with Gasteiger partial charge in [-0.3, -0.25) is 9.59 Å². The summed E-state index contributed by atoms with van der Waals surface area (Å²) < 4.78 is 0. The number of allylic oxidation sites excluding steroid dienone is 4. The number of carbonyl (C=O) groups is 2. The number of nitrogens with zero attached hydrogens (tertiary/aromatic N) is 1. The van der Waals surface area contributed by atoms with Crippen LogP contribution in [0.5, 0.6) is 0 Å². The molecule has 5 rings (SSSR count). The minimum Gasteiger partial charge on any atom is -0.481 e. The van der Waals surface area contributed by atoms with Gasteiger partial charge in [0, 0.05) is 5.41 Å². The van der Waals surface area contributed by atoms with Crippen molar-refractivity contribution in [1.82, 2.24) is 0 Å². The highest BCUT2D eigenvalue weighted by atomic mass is 16.4. The number of hydrogen-bond acceptors (Lipinski definition) is 3. The van der Waals surface area contributed by atoms with E-state index in [1.165, 1.54) is 5.57 Å². The molecule has 7 atom stereocenters. The lowest BCUT2D eigenvalue weighted by molar-refractivity contribution is -0.174. The predicted octanol–water partition coefficient (Wildman–Crippen LogP) is 7.11. The molecule has 0 saturated heterocycles. The van der Waals surface area contributed by atoms with Crippen LogP contribution in [0.2, 0.25) is 0 Å². The minimum atomic E-state index is -0.627. The minimum absolute atomic E-state index is 0.00210. The molecule has 0 amide bonds. The molecule has 0 aromatic carbocycles. The smallest absolute Gasteiger partial charge is 0.310 e. The Morgan fingerprint density at radius 2 is 1.66 bits per heavy atom. The van der Waals surface area contributed by atoms with Gasteiger partial charge in [0.05, 0.1) is 11.0 Å². The highest BCUT2D eigenvalue weighted by Crippen LogP contribution is 2.75. The van der Waals surface area contributed by atoms with Crippen molar-refractivity contribution in [1.29, 1.82) is 5.26 Å². The maximum Gasteiger partial charge on any atom is 0.310 e. The summed E-state index contributed by atoms with van der Waals surface area (Å²) in [6.07, 6.45) is 11.8. The van der Waals surface area contributed by atoms with Gasteiger partial charge in [-0.05, 0) is 90.8 Å². The Kier molecular flexibility index (Phi) is 5.04. The van der Waals surface area contributed by atoms with Gasteiger partial charge < -0.3 is 5.11 Å². The van der Waals surface area contributed by atoms with E-state index in [9.17, 15) is 20.0 Å². The van der Waals surface area contributed by atoms with Crippen molar-refractivity contribution in [3.63, 3.8) is 0 Å². The van der Waals surface area contributed by atoms with Gasteiger partial charge in [0.2, 0.25) is 0 Å². The van der Waals surface area contributed by atoms with E-state index >= 15 is 0 Å². The summed E-state index contributed by atoms with van der Waals surface area (Å²) >= 11 is 0. The second kappa shape index (κ2) is 7.11. The van der Waals surface area contributed by atoms with Gasteiger partial charge >= 0.3 is 5.97 Å². The first-order chi connectivity index (χ1) is 16.1. The second-order valence-corrected chi connectivity index (χ2v) is 14.8. The number of hydrogen-bond donors (Lipinski definition) is 1. The number of Topliss-reactive ketones (excluding diaryl/α,β-unsaturated/α-hetero) is 1. The zero-order valence-electron chi connectivity index (χ0n) is 22.8. The number of carbonyl (C=O) groups excluding carboxylic acids is 1. The lowest BCUT2D eigenvalue weighted by atomic mass is 9.34. The summed E-state index contributed by atoms with van der Waals surface area (Å²) in [5.74, 6) is 0.0368. The molecule has 3 unspecified atom stereocenters. The van der Waals surface area contributed by atoms with Crippen molar-refractivity contribution in [2.24, 2.45) is 50.2 Å². The Morgan fingerprint density at radius 3 is 2.29 bits per heavy atom. The maximum absolute atomic E-state index is 13.2. The van der Waals surface area contributed by atoms with E-state index in [0.29, 0.717) is 11.5 Å². The lowest BCUT2D eigenvalue weighted by Crippen LogP contribution is -2.64. The topological polar surface area (TPSA) is 78.2 Å². The Bertz CT molecular complexity index is 1100. The number of carboxylic acid groups (broad SMARTS) is 1. The van der Waals surface area contributed by atoms with Crippen LogP contribution in [0.1, 0.15) is 99.8 Å². The van der Waals surface area contributed by atoms with Crippen LogP contribution in [0.4, 0.5) is 0 Å². The second-order valence-electron chi connectivity index (χ2n) is 14.8. The van der Waals surface area contributed by atoms with Crippen LogP contribution in [-0.2, 0) is 9.59 Å². The fraction of sp³-hybridized carbons (Fsp3) is 0.774. The zero-order chi connectivity index (χ0) is 25.8. The molecule has 1 N–H and O–H groups in total. The molecule has 190 valence electrons. The Morgan fingerprint density at radius 1 is 1.00 bits per heavy atom. The molecular formula is C31H43NO3. The highest BCUT2D eigenvalue weighted by molar-refractivity contribution is 6.04. The van der Waals surface area contributed by atoms with Gasteiger partial charge in [-0.1, -0.05) is 66.2 Å². The highest BCUT2D eigenvalue weighted by Gasteiger charge is 2.69. The summed E-state index contributed by atoms with van der Waals surface area (Å²) in [6.45, 7) is 15.9. The van der Waals surface area contributed by atoms with Gasteiger partial charge in [0.25, 0.3) is 0 Å². The fourth-order valence-electron chi connectivity index (χ4n) is 10.2. The van der Waals surface area contributed by atoms with Crippen LogP contribution in [0, 0.1) is 61.6 Å². The third kappa shape index (κ3) is 2.90. The number of carboxylic acids is 1. The average molecular weight is 478 g/mol. The Hall–Kier alpha value is -1.89. The van der Waals surface area contributed by atoms with E-state index in [-0.39, 0.29) is 39.3 Å². The van der Waals surface area contributed by atoms with Crippen molar-refractivity contribution >= 4 is 11.8 Å². The summed E-state index contributed by atoms with van der Waals surface area (Å²) in [4.78, 5) is 25.9. The van der Waals surface area contributed by atoms with Crippen molar-refractivity contribution < 1.29 is 14.7 Å². The summed E-state index contributed by atoms with van der Waals surface area (Å²) in [5.41, 5.74) is 0.443. The molecule has 4 heteroatoms. The molecule has 0 spiro atoms. The van der Waals surface area contributed by atoms with E-state index < -0.39 is 16.8 Å². The first kappa shape index (κ1) is 24.8. The number of nitriles is 1. The first-order valence-electron chi connectivity index (χ1n) is 13.7. The van der Waals surface area contributed by atoms with Crippen molar-refractivity contribution in [3.8, 4) is 6.07 Å². The molecule has 0 heterocycles. The first-order valence-corrected chi connectivity index (χ1v) is 13.7. The third-order valence-corrected chi connectivity index (χ3v) is 12.5. The molecule has 0 bridgehead atoms. The van der Waals surface area contributed by atoms with E-state index in [2.05, 4.69) is 46.8 Å². The van der Waals surface area contributed by atoms with Crippen LogP contribution >= 0.6 is 0 Å². The SMILES string of the molecule is CC1(C)CC[C@]2(C(=O)O)CC[C@]3(C)C(=CCC4[C@@]5(C)C=C(C#N)C(=O)C(C)(C)C5CC[C@]43C)C2C1. The summed E-state index contributed by atoms with van der Waals surface area (Å²) in [6, 6.07) is 2.24. The molecule has 4 nitrogen and oxygen atoms in total. The zero-order valence-corrected chi connectivity index (χ0v) is 22.8. The van der Waals surface area contributed by atoms with E-state index in [4.69, 9.17) is 0 Å².